The van der Waals surface area contributed by atoms with E-state index < -0.39 is 9.84 Å². The molecule has 0 fully saturated rings. The van der Waals surface area contributed by atoms with Crippen LogP contribution in [0.3, 0.4) is 0 Å². The van der Waals surface area contributed by atoms with Gasteiger partial charge in [0.1, 0.15) is 0 Å². The Kier molecular flexibility index (Phi) is 4.32. The molecular weight excluding hydrogens is 290 g/mol. The molecule has 0 aliphatic heterocycles. The van der Waals surface area contributed by atoms with E-state index in [1.54, 1.807) is 19.1 Å². The highest BCUT2D eigenvalue weighted by molar-refractivity contribution is 7.90. The topological polar surface area (TPSA) is 89.0 Å². The van der Waals surface area contributed by atoms with Crippen molar-refractivity contribution >= 4 is 15.7 Å². The Morgan fingerprint density at radius 2 is 1.86 bits per heavy atom. The van der Waals surface area contributed by atoms with Crippen LogP contribution in [-0.2, 0) is 9.84 Å². The molecule has 1 amide bonds. The lowest BCUT2D eigenvalue weighted by Gasteiger charge is -2.14. The number of aromatic nitrogens is 2. The molecule has 0 aromatic carbocycles. The SMILES string of the molecule is C[C@H](NC(=O)c1ccncc1)c1cncc(S(C)(=O)=O)c1. The molecule has 2 heterocycles. The standard InChI is InChI=1S/C14H15N3O3S/c1-10(17-14(18)11-3-5-15-6-4-11)12-7-13(9-16-8-12)21(2,19)20/h3-10H,1-2H3,(H,17,18)/t10-/m0/s1. The molecule has 1 atom stereocenters. The minimum atomic E-state index is -3.32. The van der Waals surface area contributed by atoms with Gasteiger partial charge in [-0.1, -0.05) is 0 Å². The van der Waals surface area contributed by atoms with Gasteiger partial charge in [-0.3, -0.25) is 14.8 Å². The Labute approximate surface area is 123 Å². The van der Waals surface area contributed by atoms with E-state index >= 15 is 0 Å². The Hall–Kier alpha value is -2.28. The predicted molar refractivity (Wildman–Crippen MR) is 77.5 cm³/mol. The second-order valence-corrected chi connectivity index (χ2v) is 6.67. The summed E-state index contributed by atoms with van der Waals surface area (Å²) in [4.78, 5) is 19.9. The monoisotopic (exact) mass is 305 g/mol. The number of sulfone groups is 1. The van der Waals surface area contributed by atoms with Crippen LogP contribution in [0.5, 0.6) is 0 Å². The quantitative estimate of drug-likeness (QED) is 0.921. The third-order valence-electron chi connectivity index (χ3n) is 2.95. The van der Waals surface area contributed by atoms with Crippen molar-refractivity contribution in [3.05, 3.63) is 54.1 Å². The molecule has 0 unspecified atom stereocenters. The van der Waals surface area contributed by atoms with Gasteiger partial charge < -0.3 is 5.32 Å². The molecule has 0 spiro atoms. The zero-order valence-electron chi connectivity index (χ0n) is 11.6. The van der Waals surface area contributed by atoms with Crippen LogP contribution in [0, 0.1) is 0 Å². The van der Waals surface area contributed by atoms with Gasteiger partial charge in [-0.2, -0.15) is 0 Å². The average Bonchev–Trinajstić information content (AvgIpc) is 2.47. The van der Waals surface area contributed by atoms with E-state index in [1.165, 1.54) is 30.9 Å². The number of rotatable bonds is 4. The van der Waals surface area contributed by atoms with Crippen molar-refractivity contribution in [2.45, 2.75) is 17.9 Å². The van der Waals surface area contributed by atoms with Crippen LogP contribution in [0.2, 0.25) is 0 Å². The molecular formula is C14H15N3O3S. The highest BCUT2D eigenvalue weighted by atomic mass is 32.2. The summed E-state index contributed by atoms with van der Waals surface area (Å²) in [6.45, 7) is 1.77. The normalized spacial score (nSPS) is 12.7. The number of nitrogens with one attached hydrogen (secondary N) is 1. The molecule has 0 aliphatic rings. The fraction of sp³-hybridized carbons (Fsp3) is 0.214. The number of carbonyl (C=O) groups excluding carboxylic acids is 1. The Balaban J connectivity index is 2.18. The molecule has 7 heteroatoms. The van der Waals surface area contributed by atoms with Gasteiger partial charge in [-0.25, -0.2) is 8.42 Å². The average molecular weight is 305 g/mol. The molecule has 110 valence electrons. The molecule has 0 saturated carbocycles. The maximum atomic E-state index is 12.0. The summed E-state index contributed by atoms with van der Waals surface area (Å²) in [5.41, 5.74) is 1.12. The lowest BCUT2D eigenvalue weighted by molar-refractivity contribution is 0.0939. The first kappa shape index (κ1) is 15.1. The molecule has 2 aromatic rings. The molecule has 6 nitrogen and oxygen atoms in total. The third kappa shape index (κ3) is 3.85. The van der Waals surface area contributed by atoms with E-state index in [2.05, 4.69) is 15.3 Å². The number of nitrogens with zero attached hydrogens (tertiary/aromatic N) is 2. The number of hydrogen-bond donors (Lipinski definition) is 1. The smallest absolute Gasteiger partial charge is 0.251 e. The van der Waals surface area contributed by atoms with Gasteiger partial charge in [0, 0.05) is 36.6 Å². The van der Waals surface area contributed by atoms with Gasteiger partial charge in [0.25, 0.3) is 5.91 Å². The summed E-state index contributed by atoms with van der Waals surface area (Å²) >= 11 is 0. The first-order valence-electron chi connectivity index (χ1n) is 6.24. The molecule has 21 heavy (non-hydrogen) atoms. The summed E-state index contributed by atoms with van der Waals surface area (Å²) in [6.07, 6.45) is 7.01. The van der Waals surface area contributed by atoms with Crippen LogP contribution in [-0.4, -0.2) is 30.5 Å². The molecule has 0 radical (unpaired) electrons. The fourth-order valence-corrected chi connectivity index (χ4v) is 2.34. The second-order valence-electron chi connectivity index (χ2n) is 4.66. The van der Waals surface area contributed by atoms with Crippen LogP contribution in [0.1, 0.15) is 28.9 Å². The first-order chi connectivity index (χ1) is 9.88. The summed E-state index contributed by atoms with van der Waals surface area (Å²) < 4.78 is 23.0. The molecule has 2 rings (SSSR count). The van der Waals surface area contributed by atoms with Gasteiger partial charge in [-0.15, -0.1) is 0 Å². The number of hydrogen-bond acceptors (Lipinski definition) is 5. The lowest BCUT2D eigenvalue weighted by Crippen LogP contribution is -2.26. The van der Waals surface area contributed by atoms with E-state index in [0.29, 0.717) is 11.1 Å². The summed E-state index contributed by atoms with van der Waals surface area (Å²) in [7, 11) is -3.32. The maximum absolute atomic E-state index is 12.0. The Morgan fingerprint density at radius 3 is 2.48 bits per heavy atom. The number of amides is 1. The zero-order valence-corrected chi connectivity index (χ0v) is 12.5. The maximum Gasteiger partial charge on any atom is 0.251 e. The highest BCUT2D eigenvalue weighted by Gasteiger charge is 2.14. The Bertz CT molecular complexity index is 745. The van der Waals surface area contributed by atoms with Crippen LogP contribution < -0.4 is 5.32 Å². The van der Waals surface area contributed by atoms with Gasteiger partial charge in [-0.05, 0) is 30.7 Å². The van der Waals surface area contributed by atoms with E-state index in [0.717, 1.165) is 6.26 Å². The van der Waals surface area contributed by atoms with E-state index in [1.807, 2.05) is 0 Å². The summed E-state index contributed by atoms with van der Waals surface area (Å²) in [5, 5.41) is 2.79. The van der Waals surface area contributed by atoms with E-state index in [-0.39, 0.29) is 16.8 Å². The zero-order chi connectivity index (χ0) is 15.5. The molecule has 0 aliphatic carbocycles. The van der Waals surface area contributed by atoms with Crippen LogP contribution in [0.15, 0.2) is 47.9 Å². The fourth-order valence-electron chi connectivity index (χ4n) is 1.74. The van der Waals surface area contributed by atoms with Crippen molar-refractivity contribution in [1.82, 2.24) is 15.3 Å². The largest absolute Gasteiger partial charge is 0.345 e. The second kappa shape index (κ2) is 6.01. The van der Waals surface area contributed by atoms with Crippen molar-refractivity contribution < 1.29 is 13.2 Å². The predicted octanol–water partition coefficient (Wildman–Crippen LogP) is 1.37. The molecule has 0 bridgehead atoms. The third-order valence-corrected chi connectivity index (χ3v) is 4.03. The Morgan fingerprint density at radius 1 is 1.19 bits per heavy atom. The van der Waals surface area contributed by atoms with Crippen molar-refractivity contribution in [2.75, 3.05) is 6.26 Å². The van der Waals surface area contributed by atoms with Gasteiger partial charge in [0.15, 0.2) is 9.84 Å². The van der Waals surface area contributed by atoms with Gasteiger partial charge in [0.05, 0.1) is 10.9 Å². The number of pyridine rings is 2. The minimum Gasteiger partial charge on any atom is -0.345 e. The van der Waals surface area contributed by atoms with E-state index in [9.17, 15) is 13.2 Å². The minimum absolute atomic E-state index is 0.130. The van der Waals surface area contributed by atoms with Gasteiger partial charge >= 0.3 is 0 Å². The van der Waals surface area contributed by atoms with Crippen LogP contribution >= 0.6 is 0 Å². The van der Waals surface area contributed by atoms with Crippen molar-refractivity contribution in [3.63, 3.8) is 0 Å². The molecule has 1 N–H and O–H groups in total. The summed E-state index contributed by atoms with van der Waals surface area (Å²) in [5.74, 6) is -0.255. The van der Waals surface area contributed by atoms with Crippen LogP contribution in [0.4, 0.5) is 0 Å². The number of carbonyl (C=O) groups is 1. The van der Waals surface area contributed by atoms with Gasteiger partial charge in [0.2, 0.25) is 0 Å². The highest BCUT2D eigenvalue weighted by Crippen LogP contribution is 2.16. The van der Waals surface area contributed by atoms with Crippen molar-refractivity contribution in [1.29, 1.82) is 0 Å². The lowest BCUT2D eigenvalue weighted by atomic mass is 10.1. The van der Waals surface area contributed by atoms with E-state index in [4.69, 9.17) is 0 Å². The molecule has 2 aromatic heterocycles. The first-order valence-corrected chi connectivity index (χ1v) is 8.13. The van der Waals surface area contributed by atoms with Crippen molar-refractivity contribution in [2.24, 2.45) is 0 Å². The van der Waals surface area contributed by atoms with Crippen molar-refractivity contribution in [3.8, 4) is 0 Å². The van der Waals surface area contributed by atoms with Crippen LogP contribution in [0.25, 0.3) is 0 Å². The molecule has 0 saturated heterocycles. The summed E-state index contributed by atoms with van der Waals surface area (Å²) in [6, 6.07) is 4.36.